The maximum absolute atomic E-state index is 12.5. The molecule has 0 atom stereocenters. The first-order valence-electron chi connectivity index (χ1n) is 8.76. The lowest BCUT2D eigenvalue weighted by atomic mass is 9.99. The van der Waals surface area contributed by atoms with Crippen molar-refractivity contribution in [3.8, 4) is 0 Å². The van der Waals surface area contributed by atoms with E-state index < -0.39 is 0 Å². The number of benzene rings is 2. The molecule has 0 aromatic heterocycles. The van der Waals surface area contributed by atoms with E-state index in [0.717, 1.165) is 35.5 Å². The van der Waals surface area contributed by atoms with Crippen LogP contribution >= 0.6 is 0 Å². The Morgan fingerprint density at radius 3 is 2.64 bits per heavy atom. The first-order chi connectivity index (χ1) is 12.0. The largest absolute Gasteiger partial charge is 0.322 e. The van der Waals surface area contributed by atoms with Gasteiger partial charge >= 0.3 is 0 Å². The summed E-state index contributed by atoms with van der Waals surface area (Å²) in [5.74, 6) is 0.484. The maximum Gasteiger partial charge on any atom is 0.255 e. The van der Waals surface area contributed by atoms with Gasteiger partial charge in [0.1, 0.15) is 0 Å². The summed E-state index contributed by atoms with van der Waals surface area (Å²) in [5, 5.41) is 2.97. The minimum absolute atomic E-state index is 0.107. The minimum Gasteiger partial charge on any atom is -0.322 e. The van der Waals surface area contributed by atoms with Crippen molar-refractivity contribution in [2.75, 3.05) is 16.8 Å². The Hall–Kier alpha value is -2.62. The second-order valence-corrected chi connectivity index (χ2v) is 7.01. The van der Waals surface area contributed by atoms with Gasteiger partial charge in [0, 0.05) is 29.9 Å². The minimum atomic E-state index is -0.107. The van der Waals surface area contributed by atoms with Crippen molar-refractivity contribution in [2.24, 2.45) is 5.92 Å². The molecule has 0 fully saturated rings. The predicted molar refractivity (Wildman–Crippen MR) is 101 cm³/mol. The number of carbonyl (C=O) groups is 2. The van der Waals surface area contributed by atoms with Crippen molar-refractivity contribution in [1.29, 1.82) is 0 Å². The van der Waals surface area contributed by atoms with Gasteiger partial charge in [-0.2, -0.15) is 0 Å². The predicted octanol–water partition coefficient (Wildman–Crippen LogP) is 4.18. The summed E-state index contributed by atoms with van der Waals surface area (Å²) in [6, 6.07) is 13.4. The molecule has 2 aromatic carbocycles. The molecule has 0 saturated heterocycles. The quantitative estimate of drug-likeness (QED) is 0.910. The molecule has 1 aliphatic heterocycles. The van der Waals surface area contributed by atoms with Crippen LogP contribution in [0.15, 0.2) is 42.5 Å². The molecule has 0 saturated carbocycles. The Kier molecular flexibility index (Phi) is 4.88. The summed E-state index contributed by atoms with van der Waals surface area (Å²) in [5.41, 5.74) is 4.48. The lowest BCUT2D eigenvalue weighted by Crippen LogP contribution is -2.37. The van der Waals surface area contributed by atoms with Crippen LogP contribution in [0.2, 0.25) is 0 Å². The Bertz CT molecular complexity index is 811. The topological polar surface area (TPSA) is 49.4 Å². The average molecular weight is 336 g/mol. The Morgan fingerprint density at radius 2 is 1.92 bits per heavy atom. The van der Waals surface area contributed by atoms with Crippen LogP contribution in [0, 0.1) is 12.8 Å². The van der Waals surface area contributed by atoms with Crippen LogP contribution in [0.25, 0.3) is 0 Å². The van der Waals surface area contributed by atoms with Gasteiger partial charge in [-0.25, -0.2) is 0 Å². The van der Waals surface area contributed by atoms with Crippen LogP contribution in [0.1, 0.15) is 41.8 Å². The number of aryl methyl sites for hydroxylation is 2. The fourth-order valence-corrected chi connectivity index (χ4v) is 3.23. The SMILES string of the molecule is Cc1ccccc1C(=O)Nc1ccc2c(c1)CCC(=O)N2CC(C)C. The van der Waals surface area contributed by atoms with Gasteiger partial charge in [0.15, 0.2) is 0 Å². The van der Waals surface area contributed by atoms with Gasteiger partial charge in [-0.05, 0) is 54.7 Å². The Morgan fingerprint density at radius 1 is 1.16 bits per heavy atom. The lowest BCUT2D eigenvalue weighted by molar-refractivity contribution is -0.119. The first-order valence-corrected chi connectivity index (χ1v) is 8.76. The Balaban J connectivity index is 1.83. The molecule has 0 unspecified atom stereocenters. The highest BCUT2D eigenvalue weighted by Crippen LogP contribution is 2.31. The van der Waals surface area contributed by atoms with E-state index >= 15 is 0 Å². The molecule has 4 nitrogen and oxygen atoms in total. The number of amides is 2. The highest BCUT2D eigenvalue weighted by atomic mass is 16.2. The van der Waals surface area contributed by atoms with E-state index in [1.165, 1.54) is 0 Å². The standard InChI is InChI=1S/C21H24N2O2/c1-14(2)13-23-19-10-9-17(12-16(19)8-11-20(23)24)22-21(25)18-7-5-4-6-15(18)3/h4-7,9-10,12,14H,8,11,13H2,1-3H3,(H,22,25). The molecule has 2 aromatic rings. The number of fused-ring (bicyclic) bond motifs is 1. The second kappa shape index (κ2) is 7.09. The average Bonchev–Trinajstić information content (AvgIpc) is 2.57. The van der Waals surface area contributed by atoms with Gasteiger partial charge in [-0.15, -0.1) is 0 Å². The molecule has 0 spiro atoms. The Labute approximate surface area is 148 Å². The zero-order chi connectivity index (χ0) is 18.0. The molecule has 130 valence electrons. The molecule has 2 amide bonds. The lowest BCUT2D eigenvalue weighted by Gasteiger charge is -2.31. The smallest absolute Gasteiger partial charge is 0.255 e. The molecule has 0 aliphatic carbocycles. The molecule has 4 heteroatoms. The van der Waals surface area contributed by atoms with E-state index in [0.29, 0.717) is 17.9 Å². The maximum atomic E-state index is 12.5. The fourth-order valence-electron chi connectivity index (χ4n) is 3.23. The van der Waals surface area contributed by atoms with Gasteiger partial charge < -0.3 is 10.2 Å². The van der Waals surface area contributed by atoms with Crippen molar-refractivity contribution < 1.29 is 9.59 Å². The van der Waals surface area contributed by atoms with Crippen LogP contribution in [0.4, 0.5) is 11.4 Å². The summed E-state index contributed by atoms with van der Waals surface area (Å²) in [6.45, 7) is 6.87. The molecule has 1 N–H and O–H groups in total. The number of nitrogens with one attached hydrogen (secondary N) is 1. The molecule has 1 aliphatic rings. The van der Waals surface area contributed by atoms with Gasteiger partial charge in [-0.1, -0.05) is 32.0 Å². The van der Waals surface area contributed by atoms with Crippen molar-refractivity contribution in [2.45, 2.75) is 33.6 Å². The van der Waals surface area contributed by atoms with Crippen molar-refractivity contribution in [1.82, 2.24) is 0 Å². The van der Waals surface area contributed by atoms with E-state index in [1.54, 1.807) is 0 Å². The van der Waals surface area contributed by atoms with Crippen LogP contribution in [-0.2, 0) is 11.2 Å². The van der Waals surface area contributed by atoms with E-state index in [1.807, 2.05) is 54.3 Å². The molecular formula is C21H24N2O2. The number of rotatable bonds is 4. The summed E-state index contributed by atoms with van der Waals surface area (Å²) in [6.07, 6.45) is 1.24. The zero-order valence-electron chi connectivity index (χ0n) is 15.0. The second-order valence-electron chi connectivity index (χ2n) is 7.01. The summed E-state index contributed by atoms with van der Waals surface area (Å²) >= 11 is 0. The molecule has 25 heavy (non-hydrogen) atoms. The van der Waals surface area contributed by atoms with Crippen molar-refractivity contribution in [3.63, 3.8) is 0 Å². The van der Waals surface area contributed by atoms with Crippen LogP contribution < -0.4 is 10.2 Å². The first kappa shape index (κ1) is 17.2. The number of carbonyl (C=O) groups excluding carboxylic acids is 2. The van der Waals surface area contributed by atoms with Crippen LogP contribution in [-0.4, -0.2) is 18.4 Å². The normalized spacial score (nSPS) is 13.8. The van der Waals surface area contributed by atoms with Gasteiger partial charge in [-0.3, -0.25) is 9.59 Å². The highest BCUT2D eigenvalue weighted by molar-refractivity contribution is 6.05. The third-order valence-electron chi connectivity index (χ3n) is 4.47. The highest BCUT2D eigenvalue weighted by Gasteiger charge is 2.25. The van der Waals surface area contributed by atoms with E-state index in [-0.39, 0.29) is 11.8 Å². The third-order valence-corrected chi connectivity index (χ3v) is 4.47. The number of hydrogen-bond acceptors (Lipinski definition) is 2. The molecule has 1 heterocycles. The molecule has 0 radical (unpaired) electrons. The van der Waals surface area contributed by atoms with Gasteiger partial charge in [0.05, 0.1) is 0 Å². The van der Waals surface area contributed by atoms with Gasteiger partial charge in [0.25, 0.3) is 5.91 Å². The summed E-state index contributed by atoms with van der Waals surface area (Å²) in [4.78, 5) is 26.6. The zero-order valence-corrected chi connectivity index (χ0v) is 15.0. The third kappa shape index (κ3) is 3.73. The van der Waals surface area contributed by atoms with Crippen molar-refractivity contribution >= 4 is 23.2 Å². The molecule has 0 bridgehead atoms. The van der Waals surface area contributed by atoms with E-state index in [2.05, 4.69) is 19.2 Å². The number of hydrogen-bond donors (Lipinski definition) is 1. The monoisotopic (exact) mass is 336 g/mol. The molecular weight excluding hydrogens is 312 g/mol. The summed E-state index contributed by atoms with van der Waals surface area (Å²) < 4.78 is 0. The number of nitrogens with zero attached hydrogens (tertiary/aromatic N) is 1. The van der Waals surface area contributed by atoms with E-state index in [9.17, 15) is 9.59 Å². The van der Waals surface area contributed by atoms with E-state index in [4.69, 9.17) is 0 Å². The van der Waals surface area contributed by atoms with Gasteiger partial charge in [0.2, 0.25) is 5.91 Å². The number of anilines is 2. The fraction of sp³-hybridized carbons (Fsp3) is 0.333. The summed E-state index contributed by atoms with van der Waals surface area (Å²) in [7, 11) is 0. The van der Waals surface area contributed by atoms with Crippen LogP contribution in [0.3, 0.4) is 0 Å². The van der Waals surface area contributed by atoms with Crippen molar-refractivity contribution in [3.05, 3.63) is 59.2 Å². The van der Waals surface area contributed by atoms with Crippen LogP contribution in [0.5, 0.6) is 0 Å². The molecule has 3 rings (SSSR count).